The van der Waals surface area contributed by atoms with Gasteiger partial charge in [-0.15, -0.1) is 12.6 Å². The lowest BCUT2D eigenvalue weighted by atomic mass is 10.1. The topological polar surface area (TPSA) is 35.6 Å². The molecule has 2 aromatic rings. The van der Waals surface area contributed by atoms with Crippen LogP contribution in [0.4, 0.5) is 16.2 Å². The molecule has 2 aromatic carbocycles. The van der Waals surface area contributed by atoms with Gasteiger partial charge in [0.15, 0.2) is 0 Å². The van der Waals surface area contributed by atoms with E-state index in [-0.39, 0.29) is 6.03 Å². The Morgan fingerprint density at radius 1 is 1.00 bits per heavy atom. The molecule has 0 spiro atoms. The highest BCUT2D eigenvalue weighted by molar-refractivity contribution is 7.80. The zero-order valence-electron chi connectivity index (χ0n) is 14.1. The first-order valence-electron chi connectivity index (χ1n) is 8.21. The summed E-state index contributed by atoms with van der Waals surface area (Å²) in [5, 5.41) is 2.95. The molecular weight excluding hydrogens is 318 g/mol. The Labute approximate surface area is 148 Å². The smallest absolute Gasteiger partial charge is 0.321 e. The number of para-hydroxylation sites is 1. The van der Waals surface area contributed by atoms with E-state index < -0.39 is 0 Å². The second kappa shape index (κ2) is 7.18. The fraction of sp³-hybridized carbons (Fsp3) is 0.316. The molecule has 0 bridgehead atoms. The van der Waals surface area contributed by atoms with Gasteiger partial charge in [0.05, 0.1) is 5.69 Å². The van der Waals surface area contributed by atoms with Gasteiger partial charge in [0.2, 0.25) is 0 Å². The van der Waals surface area contributed by atoms with Crippen molar-refractivity contribution < 1.29 is 4.79 Å². The zero-order chi connectivity index (χ0) is 17.1. The Morgan fingerprint density at radius 2 is 1.71 bits per heavy atom. The molecular formula is C19H23N3OS. The van der Waals surface area contributed by atoms with Crippen molar-refractivity contribution in [3.8, 4) is 0 Å². The van der Waals surface area contributed by atoms with Crippen LogP contribution in [0.1, 0.15) is 11.1 Å². The van der Waals surface area contributed by atoms with E-state index in [1.807, 2.05) is 29.2 Å². The molecule has 4 nitrogen and oxygen atoms in total. The van der Waals surface area contributed by atoms with Crippen molar-refractivity contribution in [2.24, 2.45) is 0 Å². The van der Waals surface area contributed by atoms with Crippen LogP contribution in [0, 0.1) is 13.8 Å². The minimum Gasteiger partial charge on any atom is -0.368 e. The summed E-state index contributed by atoms with van der Waals surface area (Å²) in [5.41, 5.74) is 4.65. The number of carbonyl (C=O) groups excluding carboxylic acids is 1. The lowest BCUT2D eigenvalue weighted by molar-refractivity contribution is 0.208. The van der Waals surface area contributed by atoms with Crippen LogP contribution < -0.4 is 10.2 Å². The van der Waals surface area contributed by atoms with Gasteiger partial charge in [0.1, 0.15) is 0 Å². The van der Waals surface area contributed by atoms with Crippen LogP contribution in [0.15, 0.2) is 47.4 Å². The Hall–Kier alpha value is -2.14. The van der Waals surface area contributed by atoms with Crippen LogP contribution in [0.2, 0.25) is 0 Å². The Morgan fingerprint density at radius 3 is 2.42 bits per heavy atom. The summed E-state index contributed by atoms with van der Waals surface area (Å²) < 4.78 is 0. The van der Waals surface area contributed by atoms with E-state index in [1.54, 1.807) is 0 Å². The maximum Gasteiger partial charge on any atom is 0.321 e. The van der Waals surface area contributed by atoms with Crippen molar-refractivity contribution >= 4 is 30.0 Å². The molecule has 0 aliphatic carbocycles. The van der Waals surface area contributed by atoms with E-state index in [0.29, 0.717) is 13.1 Å². The minimum absolute atomic E-state index is 0.0582. The van der Waals surface area contributed by atoms with Gasteiger partial charge in [-0.2, -0.15) is 0 Å². The number of amides is 2. The standard InChI is InChI=1S/C19H23N3OS/c1-14-6-5-8-17(15(14)2)21-10-12-22(13-11-21)19(23)20-16-7-3-4-9-18(16)24/h3-9,24H,10-13H2,1-2H3,(H,20,23). The van der Waals surface area contributed by atoms with Crippen LogP contribution in [0.5, 0.6) is 0 Å². The van der Waals surface area contributed by atoms with E-state index in [2.05, 4.69) is 54.9 Å². The summed E-state index contributed by atoms with van der Waals surface area (Å²) >= 11 is 4.38. The summed E-state index contributed by atoms with van der Waals surface area (Å²) in [6.07, 6.45) is 0. The van der Waals surface area contributed by atoms with Crippen LogP contribution in [0.3, 0.4) is 0 Å². The molecule has 1 fully saturated rings. The predicted molar refractivity (Wildman–Crippen MR) is 102 cm³/mol. The van der Waals surface area contributed by atoms with Crippen LogP contribution >= 0.6 is 12.6 Å². The number of hydrogen-bond acceptors (Lipinski definition) is 3. The van der Waals surface area contributed by atoms with Gasteiger partial charge in [-0.1, -0.05) is 24.3 Å². The van der Waals surface area contributed by atoms with Gasteiger partial charge in [0.25, 0.3) is 0 Å². The van der Waals surface area contributed by atoms with E-state index in [1.165, 1.54) is 16.8 Å². The SMILES string of the molecule is Cc1cccc(N2CCN(C(=O)Nc3ccccc3S)CC2)c1C. The van der Waals surface area contributed by atoms with Crippen molar-refractivity contribution in [3.63, 3.8) is 0 Å². The number of urea groups is 1. The second-order valence-corrected chi connectivity index (χ2v) is 6.62. The number of benzene rings is 2. The third-order valence-electron chi connectivity index (χ3n) is 4.63. The number of piperazine rings is 1. The molecule has 2 amide bonds. The quantitative estimate of drug-likeness (QED) is 0.812. The average molecular weight is 341 g/mol. The summed E-state index contributed by atoms with van der Waals surface area (Å²) in [4.78, 5) is 17.4. The fourth-order valence-electron chi connectivity index (χ4n) is 3.00. The molecule has 1 aliphatic rings. The molecule has 3 rings (SSSR count). The predicted octanol–water partition coefficient (Wildman–Crippen LogP) is 3.95. The fourth-order valence-corrected chi connectivity index (χ4v) is 3.22. The van der Waals surface area contributed by atoms with Crippen LogP contribution in [-0.4, -0.2) is 37.1 Å². The molecule has 0 atom stereocenters. The molecule has 0 unspecified atom stereocenters. The average Bonchev–Trinajstić information content (AvgIpc) is 2.59. The Bertz CT molecular complexity index is 739. The third-order valence-corrected chi connectivity index (χ3v) is 5.02. The largest absolute Gasteiger partial charge is 0.368 e. The molecule has 0 aromatic heterocycles. The van der Waals surface area contributed by atoms with Gasteiger partial charge in [0, 0.05) is 36.8 Å². The maximum absolute atomic E-state index is 12.4. The number of thiol groups is 1. The highest BCUT2D eigenvalue weighted by atomic mass is 32.1. The molecule has 1 N–H and O–H groups in total. The molecule has 5 heteroatoms. The van der Waals surface area contributed by atoms with E-state index in [0.717, 1.165) is 23.7 Å². The molecule has 0 saturated carbocycles. The maximum atomic E-state index is 12.4. The van der Waals surface area contributed by atoms with Crippen molar-refractivity contribution in [3.05, 3.63) is 53.6 Å². The van der Waals surface area contributed by atoms with Gasteiger partial charge in [-0.05, 0) is 43.2 Å². The van der Waals surface area contributed by atoms with Gasteiger partial charge < -0.3 is 15.1 Å². The zero-order valence-corrected chi connectivity index (χ0v) is 15.0. The van der Waals surface area contributed by atoms with E-state index in [4.69, 9.17) is 0 Å². The van der Waals surface area contributed by atoms with Crippen molar-refractivity contribution in [1.29, 1.82) is 0 Å². The summed E-state index contributed by atoms with van der Waals surface area (Å²) in [6, 6.07) is 13.9. The Balaban J connectivity index is 1.62. The number of nitrogens with zero attached hydrogens (tertiary/aromatic N) is 2. The van der Waals surface area contributed by atoms with E-state index in [9.17, 15) is 4.79 Å². The number of hydrogen-bond donors (Lipinski definition) is 2. The van der Waals surface area contributed by atoms with E-state index >= 15 is 0 Å². The van der Waals surface area contributed by atoms with Crippen LogP contribution in [0.25, 0.3) is 0 Å². The molecule has 1 heterocycles. The monoisotopic (exact) mass is 341 g/mol. The minimum atomic E-state index is -0.0582. The lowest BCUT2D eigenvalue weighted by Crippen LogP contribution is -2.50. The van der Waals surface area contributed by atoms with Crippen molar-refractivity contribution in [1.82, 2.24) is 4.90 Å². The molecule has 24 heavy (non-hydrogen) atoms. The van der Waals surface area contributed by atoms with Crippen molar-refractivity contribution in [2.75, 3.05) is 36.4 Å². The second-order valence-electron chi connectivity index (χ2n) is 6.14. The molecule has 0 radical (unpaired) electrons. The normalized spacial score (nSPS) is 14.6. The third kappa shape index (κ3) is 3.51. The van der Waals surface area contributed by atoms with Gasteiger partial charge in [-0.25, -0.2) is 4.79 Å². The van der Waals surface area contributed by atoms with Gasteiger partial charge >= 0.3 is 6.03 Å². The first kappa shape index (κ1) is 16.7. The number of nitrogens with one attached hydrogen (secondary N) is 1. The summed E-state index contributed by atoms with van der Waals surface area (Å²) in [6.45, 7) is 7.42. The first-order chi connectivity index (χ1) is 11.6. The Kier molecular flexibility index (Phi) is 5.00. The first-order valence-corrected chi connectivity index (χ1v) is 8.66. The van der Waals surface area contributed by atoms with Crippen LogP contribution in [-0.2, 0) is 0 Å². The number of carbonyl (C=O) groups is 1. The highest BCUT2D eigenvalue weighted by Crippen LogP contribution is 2.24. The molecule has 1 saturated heterocycles. The lowest BCUT2D eigenvalue weighted by Gasteiger charge is -2.37. The van der Waals surface area contributed by atoms with Gasteiger partial charge in [-0.3, -0.25) is 0 Å². The summed E-state index contributed by atoms with van der Waals surface area (Å²) in [7, 11) is 0. The number of rotatable bonds is 2. The highest BCUT2D eigenvalue weighted by Gasteiger charge is 2.22. The molecule has 126 valence electrons. The van der Waals surface area contributed by atoms with Crippen molar-refractivity contribution in [2.45, 2.75) is 18.7 Å². The molecule has 1 aliphatic heterocycles. The summed E-state index contributed by atoms with van der Waals surface area (Å²) in [5.74, 6) is 0. The number of aryl methyl sites for hydroxylation is 1. The number of anilines is 2.